The SMILES string of the molecule is CC(C)=C1Oc2cc(OC(=O)c3cccc(C)c3)ccc2C1=O. The summed E-state index contributed by atoms with van der Waals surface area (Å²) >= 11 is 0. The lowest BCUT2D eigenvalue weighted by molar-refractivity contribution is 0.0734. The fraction of sp³-hybridized carbons (Fsp3) is 0.158. The topological polar surface area (TPSA) is 52.6 Å². The van der Waals surface area contributed by atoms with Gasteiger partial charge in [0.05, 0.1) is 11.1 Å². The van der Waals surface area contributed by atoms with E-state index in [0.29, 0.717) is 28.4 Å². The van der Waals surface area contributed by atoms with Crippen LogP contribution in [0.4, 0.5) is 0 Å². The molecule has 4 nitrogen and oxygen atoms in total. The summed E-state index contributed by atoms with van der Waals surface area (Å²) in [7, 11) is 0. The molecule has 2 aromatic rings. The Morgan fingerprint density at radius 1 is 1.09 bits per heavy atom. The second-order valence-electron chi connectivity index (χ2n) is 5.68. The summed E-state index contributed by atoms with van der Waals surface area (Å²) < 4.78 is 10.9. The molecule has 1 heterocycles. The predicted octanol–water partition coefficient (Wildman–Crippen LogP) is 4.08. The van der Waals surface area contributed by atoms with E-state index in [1.807, 2.05) is 26.8 Å². The van der Waals surface area contributed by atoms with Gasteiger partial charge in [0.15, 0.2) is 5.76 Å². The zero-order valence-corrected chi connectivity index (χ0v) is 13.2. The van der Waals surface area contributed by atoms with Gasteiger partial charge >= 0.3 is 5.97 Å². The number of hydrogen-bond donors (Lipinski definition) is 0. The number of carbonyl (C=O) groups is 2. The molecule has 1 aliphatic rings. The van der Waals surface area contributed by atoms with E-state index in [1.165, 1.54) is 0 Å². The first-order chi connectivity index (χ1) is 11.0. The van der Waals surface area contributed by atoms with Gasteiger partial charge < -0.3 is 9.47 Å². The molecule has 2 aromatic carbocycles. The number of carbonyl (C=O) groups excluding carboxylic acids is 2. The van der Waals surface area contributed by atoms with Gasteiger partial charge in [-0.15, -0.1) is 0 Å². The van der Waals surface area contributed by atoms with E-state index in [1.54, 1.807) is 36.4 Å². The summed E-state index contributed by atoms with van der Waals surface area (Å²) in [5, 5.41) is 0. The third-order valence-corrected chi connectivity index (χ3v) is 3.53. The van der Waals surface area contributed by atoms with Crippen LogP contribution in [0.25, 0.3) is 0 Å². The molecule has 0 amide bonds. The molecular formula is C19H16O4. The van der Waals surface area contributed by atoms with Gasteiger partial charge in [-0.2, -0.15) is 0 Å². The zero-order valence-electron chi connectivity index (χ0n) is 13.2. The predicted molar refractivity (Wildman–Crippen MR) is 85.9 cm³/mol. The molecule has 23 heavy (non-hydrogen) atoms. The normalized spacial score (nSPS) is 12.7. The Bertz CT molecular complexity index is 842. The first-order valence-corrected chi connectivity index (χ1v) is 7.28. The minimum absolute atomic E-state index is 0.142. The van der Waals surface area contributed by atoms with E-state index in [-0.39, 0.29) is 5.78 Å². The van der Waals surface area contributed by atoms with Crippen LogP contribution >= 0.6 is 0 Å². The van der Waals surface area contributed by atoms with Crippen molar-refractivity contribution in [3.8, 4) is 11.5 Å². The molecule has 0 aliphatic carbocycles. The lowest BCUT2D eigenvalue weighted by Gasteiger charge is -2.06. The smallest absolute Gasteiger partial charge is 0.343 e. The number of benzene rings is 2. The van der Waals surface area contributed by atoms with Crippen LogP contribution in [0.15, 0.2) is 53.8 Å². The Labute approximate surface area is 134 Å². The Balaban J connectivity index is 1.85. The first-order valence-electron chi connectivity index (χ1n) is 7.28. The number of fused-ring (bicyclic) bond motifs is 1. The van der Waals surface area contributed by atoms with Crippen molar-refractivity contribution < 1.29 is 19.1 Å². The van der Waals surface area contributed by atoms with E-state index >= 15 is 0 Å². The Hall–Kier alpha value is -2.88. The highest BCUT2D eigenvalue weighted by atomic mass is 16.5. The highest BCUT2D eigenvalue weighted by molar-refractivity contribution is 6.12. The maximum absolute atomic E-state index is 12.2. The zero-order chi connectivity index (χ0) is 16.6. The number of aryl methyl sites for hydroxylation is 1. The summed E-state index contributed by atoms with van der Waals surface area (Å²) in [5.74, 6) is 0.512. The summed E-state index contributed by atoms with van der Waals surface area (Å²) in [6, 6.07) is 12.0. The van der Waals surface area contributed by atoms with Crippen LogP contribution in [0.5, 0.6) is 11.5 Å². The van der Waals surface area contributed by atoms with Crippen molar-refractivity contribution in [3.05, 3.63) is 70.5 Å². The van der Waals surface area contributed by atoms with E-state index in [4.69, 9.17) is 9.47 Å². The van der Waals surface area contributed by atoms with Crippen molar-refractivity contribution in [3.63, 3.8) is 0 Å². The number of allylic oxidation sites excluding steroid dienone is 2. The third-order valence-electron chi connectivity index (χ3n) is 3.53. The van der Waals surface area contributed by atoms with Crippen LogP contribution in [-0.4, -0.2) is 11.8 Å². The maximum Gasteiger partial charge on any atom is 0.343 e. The average Bonchev–Trinajstić information content (AvgIpc) is 2.84. The first kappa shape index (κ1) is 15.0. The summed E-state index contributed by atoms with van der Waals surface area (Å²) in [4.78, 5) is 24.3. The second kappa shape index (κ2) is 5.72. The van der Waals surface area contributed by atoms with E-state index < -0.39 is 5.97 Å². The van der Waals surface area contributed by atoms with Crippen LogP contribution in [-0.2, 0) is 0 Å². The molecule has 0 saturated carbocycles. The quantitative estimate of drug-likeness (QED) is 0.476. The minimum atomic E-state index is -0.444. The largest absolute Gasteiger partial charge is 0.452 e. The van der Waals surface area contributed by atoms with Crippen molar-refractivity contribution in [2.24, 2.45) is 0 Å². The van der Waals surface area contributed by atoms with Gasteiger partial charge in [-0.25, -0.2) is 4.79 Å². The lowest BCUT2D eigenvalue weighted by atomic mass is 10.1. The third kappa shape index (κ3) is 2.88. The van der Waals surface area contributed by atoms with Crippen LogP contribution in [0.3, 0.4) is 0 Å². The fourth-order valence-electron chi connectivity index (χ4n) is 2.38. The van der Waals surface area contributed by atoms with Crippen molar-refractivity contribution >= 4 is 11.8 Å². The summed E-state index contributed by atoms with van der Waals surface area (Å²) in [6.07, 6.45) is 0. The van der Waals surface area contributed by atoms with E-state index in [0.717, 1.165) is 11.1 Å². The van der Waals surface area contributed by atoms with Crippen LogP contribution in [0, 0.1) is 6.92 Å². The molecule has 0 fully saturated rings. The number of rotatable bonds is 2. The number of hydrogen-bond acceptors (Lipinski definition) is 4. The standard InChI is InChI=1S/C19H16O4/c1-11(2)18-17(20)15-8-7-14(10-16(15)23-18)22-19(21)13-6-4-5-12(3)9-13/h4-10H,1-3H3. The van der Waals surface area contributed by atoms with Crippen LogP contribution < -0.4 is 9.47 Å². The molecule has 0 saturated heterocycles. The average molecular weight is 308 g/mol. The molecule has 3 rings (SSSR count). The lowest BCUT2D eigenvalue weighted by Crippen LogP contribution is -2.08. The molecule has 4 heteroatoms. The Kier molecular flexibility index (Phi) is 3.74. The molecule has 0 radical (unpaired) electrons. The van der Waals surface area contributed by atoms with Gasteiger partial charge in [0.25, 0.3) is 0 Å². The highest BCUT2D eigenvalue weighted by Gasteiger charge is 2.28. The van der Waals surface area contributed by atoms with Crippen molar-refractivity contribution in [1.82, 2.24) is 0 Å². The van der Waals surface area contributed by atoms with Gasteiger partial charge in [-0.05, 0) is 50.6 Å². The Morgan fingerprint density at radius 3 is 2.57 bits per heavy atom. The van der Waals surface area contributed by atoms with E-state index in [9.17, 15) is 9.59 Å². The number of Topliss-reactive ketones (excluding diaryl/α,β-unsaturated/α-hetero) is 1. The Morgan fingerprint density at radius 2 is 1.87 bits per heavy atom. The summed E-state index contributed by atoms with van der Waals surface area (Å²) in [6.45, 7) is 5.54. The molecule has 0 N–H and O–H groups in total. The minimum Gasteiger partial charge on any atom is -0.452 e. The monoisotopic (exact) mass is 308 g/mol. The van der Waals surface area contributed by atoms with E-state index in [2.05, 4.69) is 0 Å². The molecule has 0 unspecified atom stereocenters. The van der Waals surface area contributed by atoms with Gasteiger partial charge in [-0.3, -0.25) is 4.79 Å². The summed E-state index contributed by atoms with van der Waals surface area (Å²) in [5.41, 5.74) is 2.75. The van der Waals surface area contributed by atoms with Crippen molar-refractivity contribution in [1.29, 1.82) is 0 Å². The van der Waals surface area contributed by atoms with Gasteiger partial charge in [0.2, 0.25) is 5.78 Å². The highest BCUT2D eigenvalue weighted by Crippen LogP contribution is 2.35. The molecule has 116 valence electrons. The fourth-order valence-corrected chi connectivity index (χ4v) is 2.38. The molecule has 0 atom stereocenters. The van der Waals surface area contributed by atoms with Gasteiger partial charge in [-0.1, -0.05) is 17.7 Å². The molecule has 0 bridgehead atoms. The second-order valence-corrected chi connectivity index (χ2v) is 5.68. The molecule has 1 aliphatic heterocycles. The molecule has 0 spiro atoms. The van der Waals surface area contributed by atoms with Gasteiger partial charge in [0.1, 0.15) is 11.5 Å². The maximum atomic E-state index is 12.2. The number of ether oxygens (including phenoxy) is 2. The van der Waals surface area contributed by atoms with Gasteiger partial charge in [0, 0.05) is 6.07 Å². The number of esters is 1. The van der Waals surface area contributed by atoms with Crippen molar-refractivity contribution in [2.75, 3.05) is 0 Å². The van der Waals surface area contributed by atoms with Crippen LogP contribution in [0.2, 0.25) is 0 Å². The molecular weight excluding hydrogens is 292 g/mol. The van der Waals surface area contributed by atoms with Crippen molar-refractivity contribution in [2.45, 2.75) is 20.8 Å². The number of ketones is 1. The van der Waals surface area contributed by atoms with Crippen LogP contribution in [0.1, 0.15) is 40.1 Å². The molecule has 0 aromatic heterocycles.